The SMILES string of the molecule is CC(C)c1cc(C(=O)N2Cc3ccc(OC(N)CC4CCCC4)cc3C2)c(O)cc1O. The second kappa shape index (κ2) is 8.79. The third-order valence-electron chi connectivity index (χ3n) is 6.51. The van der Waals surface area contributed by atoms with E-state index in [0.29, 0.717) is 24.6 Å². The van der Waals surface area contributed by atoms with Gasteiger partial charge in [-0.15, -0.1) is 0 Å². The van der Waals surface area contributed by atoms with Crippen LogP contribution in [0.15, 0.2) is 30.3 Å². The number of hydrogen-bond acceptors (Lipinski definition) is 5. The molecule has 0 bridgehead atoms. The lowest BCUT2D eigenvalue weighted by molar-refractivity contribution is 0.0748. The van der Waals surface area contributed by atoms with Crippen molar-refractivity contribution in [1.82, 2.24) is 4.90 Å². The topological polar surface area (TPSA) is 96.0 Å². The predicted octanol–water partition coefficient (Wildman–Crippen LogP) is 4.62. The van der Waals surface area contributed by atoms with Crippen molar-refractivity contribution in [2.24, 2.45) is 11.7 Å². The van der Waals surface area contributed by atoms with Crippen LogP contribution in [0.25, 0.3) is 0 Å². The third kappa shape index (κ3) is 4.64. The predicted molar refractivity (Wildman–Crippen MR) is 119 cm³/mol. The number of carbonyl (C=O) groups excluding carboxylic acids is 1. The van der Waals surface area contributed by atoms with Crippen LogP contribution in [0.5, 0.6) is 17.2 Å². The monoisotopic (exact) mass is 424 g/mol. The summed E-state index contributed by atoms with van der Waals surface area (Å²) in [7, 11) is 0. The second-order valence-electron chi connectivity index (χ2n) is 9.22. The molecule has 1 atom stereocenters. The first kappa shape index (κ1) is 21.5. The zero-order chi connectivity index (χ0) is 22.1. The summed E-state index contributed by atoms with van der Waals surface area (Å²) < 4.78 is 5.96. The highest BCUT2D eigenvalue weighted by Gasteiger charge is 2.28. The van der Waals surface area contributed by atoms with Gasteiger partial charge >= 0.3 is 0 Å². The first-order chi connectivity index (χ1) is 14.8. The first-order valence-electron chi connectivity index (χ1n) is 11.2. The molecular weight excluding hydrogens is 392 g/mol. The van der Waals surface area contributed by atoms with E-state index in [-0.39, 0.29) is 35.1 Å². The Morgan fingerprint density at radius 3 is 2.52 bits per heavy atom. The molecule has 1 aliphatic carbocycles. The molecule has 4 N–H and O–H groups in total. The van der Waals surface area contributed by atoms with E-state index in [1.165, 1.54) is 31.7 Å². The molecule has 31 heavy (non-hydrogen) atoms. The van der Waals surface area contributed by atoms with Gasteiger partial charge in [-0.05, 0) is 46.7 Å². The fourth-order valence-corrected chi connectivity index (χ4v) is 4.78. The minimum Gasteiger partial charge on any atom is -0.508 e. The van der Waals surface area contributed by atoms with E-state index >= 15 is 0 Å². The van der Waals surface area contributed by atoms with Gasteiger partial charge in [0.05, 0.1) is 5.56 Å². The highest BCUT2D eigenvalue weighted by atomic mass is 16.5. The molecule has 1 amide bonds. The smallest absolute Gasteiger partial charge is 0.258 e. The van der Waals surface area contributed by atoms with Gasteiger partial charge in [-0.2, -0.15) is 0 Å². The molecule has 0 spiro atoms. The average Bonchev–Trinajstić information content (AvgIpc) is 3.36. The number of fused-ring (bicyclic) bond motifs is 1. The molecule has 4 rings (SSSR count). The molecule has 0 aromatic heterocycles. The van der Waals surface area contributed by atoms with E-state index in [1.54, 1.807) is 11.0 Å². The maximum atomic E-state index is 13.1. The Labute approximate surface area is 183 Å². The van der Waals surface area contributed by atoms with Gasteiger partial charge in [-0.1, -0.05) is 45.6 Å². The summed E-state index contributed by atoms with van der Waals surface area (Å²) >= 11 is 0. The quantitative estimate of drug-likeness (QED) is 0.588. The van der Waals surface area contributed by atoms with Gasteiger partial charge < -0.3 is 19.8 Å². The Hall–Kier alpha value is -2.73. The molecule has 1 heterocycles. The second-order valence-corrected chi connectivity index (χ2v) is 9.22. The van der Waals surface area contributed by atoms with Crippen LogP contribution < -0.4 is 10.5 Å². The van der Waals surface area contributed by atoms with Crippen molar-refractivity contribution in [3.63, 3.8) is 0 Å². The lowest BCUT2D eigenvalue weighted by Crippen LogP contribution is -2.29. The molecule has 166 valence electrons. The number of aromatic hydroxyl groups is 2. The van der Waals surface area contributed by atoms with Gasteiger partial charge in [0.2, 0.25) is 0 Å². The Kier molecular flexibility index (Phi) is 6.10. The summed E-state index contributed by atoms with van der Waals surface area (Å²) in [5.74, 6) is 0.973. The van der Waals surface area contributed by atoms with Crippen molar-refractivity contribution in [2.45, 2.75) is 71.2 Å². The van der Waals surface area contributed by atoms with Crippen LogP contribution in [0.4, 0.5) is 0 Å². The highest BCUT2D eigenvalue weighted by molar-refractivity contribution is 5.97. The number of ether oxygens (including phenoxy) is 1. The number of phenolic OH excluding ortho intramolecular Hbond substituents is 2. The average molecular weight is 425 g/mol. The van der Waals surface area contributed by atoms with Crippen molar-refractivity contribution in [3.8, 4) is 17.2 Å². The molecule has 1 fully saturated rings. The molecule has 1 saturated carbocycles. The molecule has 6 heteroatoms. The van der Waals surface area contributed by atoms with Crippen molar-refractivity contribution in [2.75, 3.05) is 0 Å². The number of hydrogen-bond donors (Lipinski definition) is 3. The zero-order valence-corrected chi connectivity index (χ0v) is 18.3. The summed E-state index contributed by atoms with van der Waals surface area (Å²) in [6.07, 6.45) is 5.61. The normalized spacial score (nSPS) is 17.2. The van der Waals surface area contributed by atoms with Gasteiger partial charge in [-0.25, -0.2) is 0 Å². The molecule has 2 aromatic rings. The maximum Gasteiger partial charge on any atom is 0.258 e. The minimum atomic E-state index is -0.316. The molecule has 1 aliphatic heterocycles. The van der Waals surface area contributed by atoms with Crippen LogP contribution in [-0.4, -0.2) is 27.2 Å². The largest absolute Gasteiger partial charge is 0.508 e. The third-order valence-corrected chi connectivity index (χ3v) is 6.51. The Bertz CT molecular complexity index is 966. The summed E-state index contributed by atoms with van der Waals surface area (Å²) in [5, 5.41) is 20.3. The number of amides is 1. The molecule has 0 radical (unpaired) electrons. The standard InChI is InChI=1S/C25H32N2O4/c1-15(2)20-11-21(23(29)12-22(20)28)25(30)27-13-17-7-8-19(10-18(17)14-27)31-24(26)9-16-5-3-4-6-16/h7-8,10-12,15-16,24,28-29H,3-6,9,13-14,26H2,1-2H3. The molecule has 0 saturated heterocycles. The Balaban J connectivity index is 1.45. The van der Waals surface area contributed by atoms with E-state index in [0.717, 1.165) is 23.3 Å². The number of rotatable bonds is 6. The van der Waals surface area contributed by atoms with Crippen LogP contribution in [0.1, 0.15) is 78.9 Å². The number of nitrogens with two attached hydrogens (primary N) is 1. The van der Waals surface area contributed by atoms with E-state index in [1.807, 2.05) is 32.0 Å². The summed E-state index contributed by atoms with van der Waals surface area (Å²) in [6, 6.07) is 8.71. The van der Waals surface area contributed by atoms with Crippen molar-refractivity contribution >= 4 is 5.91 Å². The maximum absolute atomic E-state index is 13.1. The van der Waals surface area contributed by atoms with Gasteiger partial charge in [0, 0.05) is 25.6 Å². The Morgan fingerprint density at radius 2 is 1.81 bits per heavy atom. The molecular formula is C25H32N2O4. The van der Waals surface area contributed by atoms with Gasteiger partial charge in [-0.3, -0.25) is 10.5 Å². The van der Waals surface area contributed by atoms with E-state index in [4.69, 9.17) is 10.5 Å². The zero-order valence-electron chi connectivity index (χ0n) is 18.3. The number of benzene rings is 2. The van der Waals surface area contributed by atoms with E-state index in [2.05, 4.69) is 0 Å². The summed E-state index contributed by atoms with van der Waals surface area (Å²) in [4.78, 5) is 14.8. The van der Waals surface area contributed by atoms with Gasteiger partial charge in [0.1, 0.15) is 23.5 Å². The lowest BCUT2D eigenvalue weighted by atomic mass is 9.98. The van der Waals surface area contributed by atoms with E-state index in [9.17, 15) is 15.0 Å². The summed E-state index contributed by atoms with van der Waals surface area (Å²) in [6.45, 7) is 4.79. The molecule has 2 aliphatic rings. The van der Waals surface area contributed by atoms with Crippen LogP contribution in [-0.2, 0) is 13.1 Å². The molecule has 6 nitrogen and oxygen atoms in total. The summed E-state index contributed by atoms with van der Waals surface area (Å²) in [5.41, 5.74) is 9.16. The van der Waals surface area contributed by atoms with Crippen LogP contribution >= 0.6 is 0 Å². The molecule has 1 unspecified atom stereocenters. The van der Waals surface area contributed by atoms with Crippen molar-refractivity contribution in [1.29, 1.82) is 0 Å². The fraction of sp³-hybridized carbons (Fsp3) is 0.480. The van der Waals surface area contributed by atoms with Crippen molar-refractivity contribution in [3.05, 3.63) is 52.6 Å². The van der Waals surface area contributed by atoms with Crippen LogP contribution in [0.2, 0.25) is 0 Å². The minimum absolute atomic E-state index is 0.00416. The van der Waals surface area contributed by atoms with Gasteiger partial charge in [0.15, 0.2) is 0 Å². The van der Waals surface area contributed by atoms with Crippen molar-refractivity contribution < 1.29 is 19.7 Å². The molecule has 2 aromatic carbocycles. The number of carbonyl (C=O) groups is 1. The van der Waals surface area contributed by atoms with Crippen LogP contribution in [0.3, 0.4) is 0 Å². The Morgan fingerprint density at radius 1 is 1.10 bits per heavy atom. The highest BCUT2D eigenvalue weighted by Crippen LogP contribution is 2.35. The van der Waals surface area contributed by atoms with Crippen LogP contribution in [0, 0.1) is 5.92 Å². The fourth-order valence-electron chi connectivity index (χ4n) is 4.78. The first-order valence-corrected chi connectivity index (χ1v) is 11.2. The van der Waals surface area contributed by atoms with E-state index < -0.39 is 0 Å². The number of nitrogens with zero attached hydrogens (tertiary/aromatic N) is 1. The lowest BCUT2D eigenvalue weighted by Gasteiger charge is -2.18. The number of phenols is 2. The van der Waals surface area contributed by atoms with Gasteiger partial charge in [0.25, 0.3) is 5.91 Å².